The lowest BCUT2D eigenvalue weighted by Crippen LogP contribution is -2.28. The molecule has 0 aliphatic heterocycles. The largest absolute Gasteiger partial charge is 0.462 e. The number of aliphatic hydroxyl groups is 1. The molecule has 0 aromatic carbocycles. The fourth-order valence-electron chi connectivity index (χ4n) is 6.31. The van der Waals surface area contributed by atoms with Crippen LogP contribution in [0.15, 0.2) is 12.2 Å². The predicted molar refractivity (Wildman–Crippen MR) is 205 cm³/mol. The van der Waals surface area contributed by atoms with Gasteiger partial charge in [-0.25, -0.2) is 0 Å². The molecule has 5 heteroatoms. The fourth-order valence-corrected chi connectivity index (χ4v) is 6.31. The summed E-state index contributed by atoms with van der Waals surface area (Å²) >= 11 is 0. The van der Waals surface area contributed by atoms with Crippen molar-refractivity contribution >= 4 is 11.9 Å². The molecule has 48 heavy (non-hydrogen) atoms. The smallest absolute Gasteiger partial charge is 0.306 e. The zero-order valence-electron chi connectivity index (χ0n) is 32.3. The second-order valence-corrected chi connectivity index (χ2v) is 14.4. The molecule has 0 rings (SSSR count). The van der Waals surface area contributed by atoms with Gasteiger partial charge in [-0.2, -0.15) is 0 Å². The Bertz CT molecular complexity index is 691. The van der Waals surface area contributed by atoms with Crippen molar-refractivity contribution in [2.45, 2.75) is 238 Å². The molecule has 0 spiro atoms. The lowest BCUT2D eigenvalue weighted by atomic mass is 10.0. The molecule has 284 valence electrons. The number of hydrogen-bond acceptors (Lipinski definition) is 5. The number of unbranched alkanes of at least 4 members (excludes halogenated alkanes) is 29. The van der Waals surface area contributed by atoms with Gasteiger partial charge in [0, 0.05) is 12.8 Å². The van der Waals surface area contributed by atoms with E-state index in [0.717, 1.165) is 32.1 Å². The average Bonchev–Trinajstić information content (AvgIpc) is 3.09. The maximum absolute atomic E-state index is 12.2. The Morgan fingerprint density at radius 3 is 1.12 bits per heavy atom. The van der Waals surface area contributed by atoms with Crippen LogP contribution in [0.5, 0.6) is 0 Å². The van der Waals surface area contributed by atoms with Crippen LogP contribution < -0.4 is 0 Å². The molecule has 0 fully saturated rings. The third-order valence-corrected chi connectivity index (χ3v) is 9.56. The molecule has 0 aromatic rings. The minimum Gasteiger partial charge on any atom is -0.462 e. The molecule has 0 aliphatic carbocycles. The van der Waals surface area contributed by atoms with Crippen LogP contribution in [0.3, 0.4) is 0 Å². The van der Waals surface area contributed by atoms with Gasteiger partial charge >= 0.3 is 11.9 Å². The van der Waals surface area contributed by atoms with Gasteiger partial charge in [0.2, 0.25) is 0 Å². The highest BCUT2D eigenvalue weighted by atomic mass is 16.6. The van der Waals surface area contributed by atoms with E-state index in [9.17, 15) is 14.7 Å². The average molecular weight is 679 g/mol. The van der Waals surface area contributed by atoms with Gasteiger partial charge in [0.1, 0.15) is 6.61 Å². The number of rotatable bonds is 39. The van der Waals surface area contributed by atoms with Crippen molar-refractivity contribution in [1.82, 2.24) is 0 Å². The van der Waals surface area contributed by atoms with Crippen LogP contribution in [0.1, 0.15) is 232 Å². The van der Waals surface area contributed by atoms with Crippen LogP contribution >= 0.6 is 0 Å². The highest BCUT2D eigenvalue weighted by molar-refractivity contribution is 5.70. The van der Waals surface area contributed by atoms with Crippen molar-refractivity contribution in [1.29, 1.82) is 0 Å². The fraction of sp³-hybridized carbons (Fsp3) is 0.907. The topological polar surface area (TPSA) is 72.8 Å². The van der Waals surface area contributed by atoms with Crippen LogP contribution in [0.4, 0.5) is 0 Å². The first kappa shape index (κ1) is 46.6. The minimum atomic E-state index is -0.767. The molecule has 0 aliphatic rings. The molecule has 1 N–H and O–H groups in total. The van der Waals surface area contributed by atoms with E-state index in [4.69, 9.17) is 9.47 Å². The number of hydrogen-bond donors (Lipinski definition) is 1. The zero-order valence-corrected chi connectivity index (χ0v) is 32.3. The van der Waals surface area contributed by atoms with E-state index in [-0.39, 0.29) is 25.2 Å². The molecule has 0 amide bonds. The van der Waals surface area contributed by atoms with Gasteiger partial charge in [0.15, 0.2) is 6.10 Å². The van der Waals surface area contributed by atoms with Crippen LogP contribution in [-0.4, -0.2) is 36.4 Å². The number of allylic oxidation sites excluding steroid dienone is 2. The van der Waals surface area contributed by atoms with Gasteiger partial charge in [0.25, 0.3) is 0 Å². The van der Waals surface area contributed by atoms with Crippen molar-refractivity contribution in [3.63, 3.8) is 0 Å². The first-order chi connectivity index (χ1) is 23.6. The molecule has 0 bridgehead atoms. The normalized spacial score (nSPS) is 12.1. The van der Waals surface area contributed by atoms with Gasteiger partial charge in [-0.3, -0.25) is 9.59 Å². The van der Waals surface area contributed by atoms with Crippen molar-refractivity contribution in [2.75, 3.05) is 13.2 Å². The van der Waals surface area contributed by atoms with E-state index in [1.54, 1.807) is 0 Å². The van der Waals surface area contributed by atoms with Gasteiger partial charge in [-0.15, -0.1) is 0 Å². The molecule has 1 atom stereocenters. The molecule has 0 radical (unpaired) electrons. The van der Waals surface area contributed by atoms with Crippen LogP contribution in [-0.2, 0) is 19.1 Å². The Morgan fingerprint density at radius 2 is 0.771 bits per heavy atom. The van der Waals surface area contributed by atoms with Crippen molar-refractivity contribution < 1.29 is 24.2 Å². The highest BCUT2D eigenvalue weighted by Gasteiger charge is 2.16. The number of carbonyl (C=O) groups is 2. The molecule has 0 heterocycles. The monoisotopic (exact) mass is 679 g/mol. The van der Waals surface area contributed by atoms with Gasteiger partial charge in [0.05, 0.1) is 6.61 Å². The summed E-state index contributed by atoms with van der Waals surface area (Å²) in [5, 5.41) is 9.57. The zero-order chi connectivity index (χ0) is 35.0. The van der Waals surface area contributed by atoms with E-state index < -0.39 is 6.10 Å². The quantitative estimate of drug-likeness (QED) is 0.0398. The molecular formula is C43H82O5. The predicted octanol–water partition coefficient (Wildman–Crippen LogP) is 13.3. The summed E-state index contributed by atoms with van der Waals surface area (Å²) in [4.78, 5) is 24.3. The highest BCUT2D eigenvalue weighted by Crippen LogP contribution is 2.15. The molecule has 0 saturated carbocycles. The van der Waals surface area contributed by atoms with Crippen molar-refractivity contribution in [3.8, 4) is 0 Å². The number of carbonyl (C=O) groups excluding carboxylic acids is 2. The summed E-state index contributed by atoms with van der Waals surface area (Å²) < 4.78 is 10.6. The summed E-state index contributed by atoms with van der Waals surface area (Å²) in [6.45, 7) is 4.16. The van der Waals surface area contributed by atoms with Crippen LogP contribution in [0, 0.1) is 0 Å². The minimum absolute atomic E-state index is 0.0613. The summed E-state index contributed by atoms with van der Waals surface area (Å²) in [6, 6.07) is 0. The van der Waals surface area contributed by atoms with Gasteiger partial charge in [-0.05, 0) is 38.5 Å². The Kier molecular flexibility index (Phi) is 38.9. The number of esters is 2. The first-order valence-electron chi connectivity index (χ1n) is 21.2. The molecule has 0 saturated heterocycles. The number of ether oxygens (including phenoxy) is 2. The van der Waals surface area contributed by atoms with E-state index >= 15 is 0 Å². The third kappa shape index (κ3) is 37.5. The third-order valence-electron chi connectivity index (χ3n) is 9.56. The Labute approximate surface area is 299 Å². The van der Waals surface area contributed by atoms with E-state index in [2.05, 4.69) is 26.0 Å². The van der Waals surface area contributed by atoms with E-state index in [1.807, 2.05) is 0 Å². The first-order valence-corrected chi connectivity index (χ1v) is 21.2. The van der Waals surface area contributed by atoms with Crippen molar-refractivity contribution in [2.24, 2.45) is 0 Å². The summed E-state index contributed by atoms with van der Waals surface area (Å²) in [7, 11) is 0. The lowest BCUT2D eigenvalue weighted by Gasteiger charge is -2.15. The van der Waals surface area contributed by atoms with Crippen molar-refractivity contribution in [3.05, 3.63) is 12.2 Å². The van der Waals surface area contributed by atoms with E-state index in [0.29, 0.717) is 12.8 Å². The maximum Gasteiger partial charge on any atom is 0.306 e. The van der Waals surface area contributed by atoms with E-state index in [1.165, 1.54) is 173 Å². The SMILES string of the molecule is CCCCCCCCC/C=C\CCCCCCCCCC(=O)OC(CO)COC(=O)CCCCCCCCCCCCCCCCCC. The lowest BCUT2D eigenvalue weighted by molar-refractivity contribution is -0.161. The Hall–Kier alpha value is -1.36. The Balaban J connectivity index is 3.50. The number of aliphatic hydroxyl groups excluding tert-OH is 1. The van der Waals surface area contributed by atoms with Crippen LogP contribution in [0.25, 0.3) is 0 Å². The van der Waals surface area contributed by atoms with Crippen LogP contribution in [0.2, 0.25) is 0 Å². The summed E-state index contributed by atoms with van der Waals surface area (Å²) in [5.41, 5.74) is 0. The maximum atomic E-state index is 12.2. The second kappa shape index (κ2) is 40.1. The summed E-state index contributed by atoms with van der Waals surface area (Å²) in [5.74, 6) is -0.583. The molecule has 0 aromatic heterocycles. The molecule has 1 unspecified atom stereocenters. The summed E-state index contributed by atoms with van der Waals surface area (Å²) in [6.07, 6.45) is 45.6. The Morgan fingerprint density at radius 1 is 0.458 bits per heavy atom. The molecule has 5 nitrogen and oxygen atoms in total. The van der Waals surface area contributed by atoms with Gasteiger partial charge in [-0.1, -0.05) is 193 Å². The molecular weight excluding hydrogens is 596 g/mol. The van der Waals surface area contributed by atoms with Gasteiger partial charge < -0.3 is 14.6 Å². The standard InChI is InChI=1S/C43H82O5/c1-3-5-7-9-11-13-15-17-19-21-22-24-26-28-30-32-34-36-38-43(46)48-41(39-44)40-47-42(45)37-35-33-31-29-27-25-23-20-18-16-14-12-10-8-6-4-2/h19,21,41,44H,3-18,20,22-40H2,1-2H3/b21-19-. The second-order valence-electron chi connectivity index (χ2n) is 14.4.